The summed E-state index contributed by atoms with van der Waals surface area (Å²) in [5.74, 6) is 1.46. The van der Waals surface area contributed by atoms with Gasteiger partial charge in [-0.2, -0.15) is 0 Å². The Balaban J connectivity index is 1.57. The van der Waals surface area contributed by atoms with Gasteiger partial charge in [0.05, 0.1) is 0 Å². The van der Waals surface area contributed by atoms with E-state index < -0.39 is 0 Å². The third-order valence-corrected chi connectivity index (χ3v) is 3.76. The van der Waals surface area contributed by atoms with Crippen molar-refractivity contribution in [3.8, 4) is 11.6 Å². The van der Waals surface area contributed by atoms with Crippen LogP contribution in [0.25, 0.3) is 11.6 Å². The van der Waals surface area contributed by atoms with Crippen LogP contribution in [0.1, 0.15) is 15.9 Å². The molecule has 24 heavy (non-hydrogen) atoms. The van der Waals surface area contributed by atoms with Gasteiger partial charge in [0.2, 0.25) is 0 Å². The summed E-state index contributed by atoms with van der Waals surface area (Å²) in [5.41, 5.74) is 1.09. The molecule has 0 bridgehead atoms. The maximum atomic E-state index is 12.5. The minimum Gasteiger partial charge on any atom is -0.309 e. The van der Waals surface area contributed by atoms with E-state index in [1.165, 1.54) is 0 Å². The van der Waals surface area contributed by atoms with E-state index in [4.69, 9.17) is 0 Å². The fourth-order valence-corrected chi connectivity index (χ4v) is 2.49. The molecule has 0 spiro atoms. The third-order valence-electron chi connectivity index (χ3n) is 3.76. The number of carbonyl (C=O) groups is 1. The number of hydrogen-bond donors (Lipinski definition) is 0. The van der Waals surface area contributed by atoms with E-state index in [1.54, 1.807) is 24.5 Å². The molecule has 0 unspecified atom stereocenters. The van der Waals surface area contributed by atoms with Crippen molar-refractivity contribution in [2.75, 3.05) is 0 Å². The Morgan fingerprint density at radius 2 is 1.08 bits per heavy atom. The van der Waals surface area contributed by atoms with Gasteiger partial charge in [0.1, 0.15) is 11.6 Å². The van der Waals surface area contributed by atoms with Gasteiger partial charge in [-0.3, -0.25) is 4.79 Å². The Kier molecular flexibility index (Phi) is 3.51. The van der Waals surface area contributed by atoms with Gasteiger partial charge in [-0.25, -0.2) is 9.97 Å². The molecular weight excluding hydrogens is 300 g/mol. The highest BCUT2D eigenvalue weighted by Gasteiger charge is 2.11. The molecule has 5 nitrogen and oxygen atoms in total. The molecule has 0 saturated carbocycles. The van der Waals surface area contributed by atoms with Gasteiger partial charge < -0.3 is 9.13 Å². The highest BCUT2D eigenvalue weighted by atomic mass is 16.1. The minimum absolute atomic E-state index is 0.0897. The van der Waals surface area contributed by atoms with Crippen molar-refractivity contribution in [1.82, 2.24) is 19.1 Å². The first-order chi connectivity index (χ1) is 11.8. The lowest BCUT2D eigenvalue weighted by molar-refractivity contribution is 0.103. The predicted molar refractivity (Wildman–Crippen MR) is 90.6 cm³/mol. The van der Waals surface area contributed by atoms with Crippen molar-refractivity contribution in [3.63, 3.8) is 0 Å². The smallest absolute Gasteiger partial charge is 0.196 e. The van der Waals surface area contributed by atoms with Crippen LogP contribution < -0.4 is 0 Å². The summed E-state index contributed by atoms with van der Waals surface area (Å²) in [6, 6.07) is 14.9. The lowest BCUT2D eigenvalue weighted by Gasteiger charge is -2.05. The predicted octanol–water partition coefficient (Wildman–Crippen LogP) is 3.29. The molecule has 0 aliphatic carbocycles. The maximum absolute atomic E-state index is 12.5. The van der Waals surface area contributed by atoms with Crippen molar-refractivity contribution in [2.24, 2.45) is 0 Å². The molecule has 4 aromatic rings. The van der Waals surface area contributed by atoms with Crippen LogP contribution in [-0.4, -0.2) is 24.9 Å². The van der Waals surface area contributed by atoms with Gasteiger partial charge in [-0.15, -0.1) is 0 Å². The molecular formula is C19H14N4O. The zero-order chi connectivity index (χ0) is 16.4. The van der Waals surface area contributed by atoms with Crippen molar-refractivity contribution in [1.29, 1.82) is 0 Å². The van der Waals surface area contributed by atoms with Crippen molar-refractivity contribution >= 4 is 5.78 Å². The second kappa shape index (κ2) is 5.96. The number of rotatable bonds is 4. The van der Waals surface area contributed by atoms with Crippen LogP contribution in [0.4, 0.5) is 0 Å². The van der Waals surface area contributed by atoms with Gasteiger partial charge in [-0.05, 0) is 48.5 Å². The molecule has 0 aromatic carbocycles. The lowest BCUT2D eigenvalue weighted by atomic mass is 10.1. The molecule has 5 heteroatoms. The van der Waals surface area contributed by atoms with E-state index in [0.29, 0.717) is 11.1 Å². The van der Waals surface area contributed by atoms with Crippen LogP contribution in [0.3, 0.4) is 0 Å². The second-order valence-electron chi connectivity index (χ2n) is 5.32. The van der Waals surface area contributed by atoms with E-state index in [2.05, 4.69) is 9.97 Å². The summed E-state index contributed by atoms with van der Waals surface area (Å²) in [6.07, 6.45) is 10.8. The Morgan fingerprint density at radius 3 is 1.42 bits per heavy atom. The zero-order valence-corrected chi connectivity index (χ0v) is 12.8. The molecule has 0 amide bonds. The first kappa shape index (κ1) is 14.1. The molecule has 116 valence electrons. The first-order valence-electron chi connectivity index (χ1n) is 7.55. The van der Waals surface area contributed by atoms with E-state index in [-0.39, 0.29) is 5.78 Å². The fraction of sp³-hybridized carbons (Fsp3) is 0. The summed E-state index contributed by atoms with van der Waals surface area (Å²) in [6.45, 7) is 0. The van der Waals surface area contributed by atoms with Crippen LogP contribution >= 0.6 is 0 Å². The SMILES string of the molecule is O=C(c1ccc(-n2cccc2)nc1)c1ccc(-n2cccc2)nc1. The molecule has 0 radical (unpaired) electrons. The molecule has 4 rings (SSSR count). The first-order valence-corrected chi connectivity index (χ1v) is 7.55. The molecule has 4 heterocycles. The standard InChI is InChI=1S/C19H14N4O/c24-19(15-5-7-17(20-13-15)22-9-1-2-10-22)16-6-8-18(21-14-16)23-11-3-4-12-23/h1-14H. The molecule has 0 atom stereocenters. The van der Waals surface area contributed by atoms with Gasteiger partial charge in [0, 0.05) is 48.3 Å². The number of hydrogen-bond acceptors (Lipinski definition) is 3. The van der Waals surface area contributed by atoms with Gasteiger partial charge in [-0.1, -0.05) is 0 Å². The zero-order valence-electron chi connectivity index (χ0n) is 12.8. The molecule has 0 N–H and O–H groups in total. The number of pyridine rings is 2. The highest BCUT2D eigenvalue weighted by molar-refractivity contribution is 6.08. The number of nitrogens with zero attached hydrogens (tertiary/aromatic N) is 4. The highest BCUT2D eigenvalue weighted by Crippen LogP contribution is 2.13. The van der Waals surface area contributed by atoms with Crippen molar-refractivity contribution < 1.29 is 4.79 Å². The Hall–Kier alpha value is -3.47. The van der Waals surface area contributed by atoms with E-state index >= 15 is 0 Å². The summed E-state index contributed by atoms with van der Waals surface area (Å²) in [7, 11) is 0. The summed E-state index contributed by atoms with van der Waals surface area (Å²) < 4.78 is 3.78. The molecule has 0 fully saturated rings. The molecule has 0 saturated heterocycles. The van der Waals surface area contributed by atoms with Crippen molar-refractivity contribution in [2.45, 2.75) is 0 Å². The molecule has 0 aliphatic heterocycles. The lowest BCUT2D eigenvalue weighted by Crippen LogP contribution is -2.05. The monoisotopic (exact) mass is 314 g/mol. The topological polar surface area (TPSA) is 52.7 Å². The number of aromatic nitrogens is 4. The minimum atomic E-state index is -0.0897. The summed E-state index contributed by atoms with van der Waals surface area (Å²) in [4.78, 5) is 21.2. The van der Waals surface area contributed by atoms with Crippen LogP contribution in [0.15, 0.2) is 85.7 Å². The Bertz CT molecular complexity index is 858. The van der Waals surface area contributed by atoms with Crippen LogP contribution in [-0.2, 0) is 0 Å². The third kappa shape index (κ3) is 2.63. The molecule has 0 aliphatic rings. The van der Waals surface area contributed by atoms with Crippen molar-refractivity contribution in [3.05, 3.63) is 96.8 Å². The van der Waals surface area contributed by atoms with E-state index in [0.717, 1.165) is 11.6 Å². The van der Waals surface area contributed by atoms with Crippen LogP contribution in [0.5, 0.6) is 0 Å². The number of ketones is 1. The fourth-order valence-electron chi connectivity index (χ4n) is 2.49. The Morgan fingerprint density at radius 1 is 0.667 bits per heavy atom. The largest absolute Gasteiger partial charge is 0.309 e. The van der Waals surface area contributed by atoms with Gasteiger partial charge in [0.15, 0.2) is 5.78 Å². The number of carbonyl (C=O) groups excluding carboxylic acids is 1. The normalized spacial score (nSPS) is 10.7. The average molecular weight is 314 g/mol. The van der Waals surface area contributed by atoms with Crippen LogP contribution in [0, 0.1) is 0 Å². The van der Waals surface area contributed by atoms with Gasteiger partial charge >= 0.3 is 0 Å². The second-order valence-corrected chi connectivity index (χ2v) is 5.32. The molecule has 4 aromatic heterocycles. The maximum Gasteiger partial charge on any atom is 0.196 e. The van der Waals surface area contributed by atoms with Gasteiger partial charge in [0.25, 0.3) is 0 Å². The summed E-state index contributed by atoms with van der Waals surface area (Å²) >= 11 is 0. The quantitative estimate of drug-likeness (QED) is 0.543. The average Bonchev–Trinajstić information content (AvgIpc) is 3.35. The van der Waals surface area contributed by atoms with Crippen LogP contribution in [0.2, 0.25) is 0 Å². The van der Waals surface area contributed by atoms with E-state index in [1.807, 2.05) is 70.3 Å². The Labute approximate surface area is 138 Å². The summed E-state index contributed by atoms with van der Waals surface area (Å²) in [5, 5.41) is 0. The van der Waals surface area contributed by atoms with E-state index in [9.17, 15) is 4.79 Å².